The first-order valence-electron chi connectivity index (χ1n) is 6.09. The maximum absolute atomic E-state index is 13.7. The lowest BCUT2D eigenvalue weighted by molar-refractivity contribution is 0.0194. The van der Waals surface area contributed by atoms with Gasteiger partial charge in [0.1, 0.15) is 5.82 Å². The monoisotopic (exact) mass is 286 g/mol. The molecule has 0 bridgehead atoms. The Balaban J connectivity index is 2.34. The van der Waals surface area contributed by atoms with Crippen molar-refractivity contribution in [1.82, 2.24) is 0 Å². The van der Waals surface area contributed by atoms with E-state index < -0.39 is 5.82 Å². The molecule has 1 aromatic carbocycles. The molecular formula is C13H19FN2O4. The summed E-state index contributed by atoms with van der Waals surface area (Å²) >= 11 is 0. The molecule has 0 aliphatic carbocycles. The zero-order valence-corrected chi connectivity index (χ0v) is 11.3. The predicted molar refractivity (Wildman–Crippen MR) is 71.3 cm³/mol. The van der Waals surface area contributed by atoms with Gasteiger partial charge in [-0.2, -0.15) is 0 Å². The Morgan fingerprint density at radius 1 is 1.25 bits per heavy atom. The zero-order chi connectivity index (χ0) is 14.8. The molecule has 0 atom stereocenters. The summed E-state index contributed by atoms with van der Waals surface area (Å²) in [6, 6.07) is 4.29. The van der Waals surface area contributed by atoms with E-state index in [9.17, 15) is 4.39 Å². The van der Waals surface area contributed by atoms with E-state index in [2.05, 4.69) is 5.16 Å². The third-order valence-corrected chi connectivity index (χ3v) is 2.52. The number of hydrogen-bond acceptors (Lipinski definition) is 5. The SMILES string of the molecule is COCCOCCOCc1ccc(/C(N)=N/O)cc1F. The largest absolute Gasteiger partial charge is 0.409 e. The van der Waals surface area contributed by atoms with E-state index in [1.807, 2.05) is 0 Å². The molecule has 0 aliphatic rings. The molecule has 0 amide bonds. The summed E-state index contributed by atoms with van der Waals surface area (Å²) in [7, 11) is 1.60. The van der Waals surface area contributed by atoms with Crippen molar-refractivity contribution in [3.05, 3.63) is 35.1 Å². The molecule has 0 saturated carbocycles. The predicted octanol–water partition coefficient (Wildman–Crippen LogP) is 1.10. The van der Waals surface area contributed by atoms with Crippen molar-refractivity contribution < 1.29 is 23.8 Å². The molecule has 0 aromatic heterocycles. The van der Waals surface area contributed by atoms with Crippen molar-refractivity contribution in [3.8, 4) is 0 Å². The van der Waals surface area contributed by atoms with E-state index in [4.69, 9.17) is 25.2 Å². The van der Waals surface area contributed by atoms with Gasteiger partial charge in [0.15, 0.2) is 5.84 Å². The Kier molecular flexibility index (Phi) is 7.56. The number of halogens is 1. The van der Waals surface area contributed by atoms with E-state index in [0.29, 0.717) is 37.6 Å². The Morgan fingerprint density at radius 3 is 2.60 bits per heavy atom. The molecule has 1 rings (SSSR count). The number of nitrogens with two attached hydrogens (primary N) is 1. The van der Waals surface area contributed by atoms with Crippen molar-refractivity contribution in [2.24, 2.45) is 10.9 Å². The van der Waals surface area contributed by atoms with Crippen LogP contribution in [0, 0.1) is 5.82 Å². The maximum Gasteiger partial charge on any atom is 0.170 e. The second kappa shape index (κ2) is 9.24. The highest BCUT2D eigenvalue weighted by molar-refractivity contribution is 5.97. The lowest BCUT2D eigenvalue weighted by atomic mass is 10.1. The summed E-state index contributed by atoms with van der Waals surface area (Å²) in [6.07, 6.45) is 0. The van der Waals surface area contributed by atoms with E-state index in [0.717, 1.165) is 0 Å². The molecule has 0 heterocycles. The van der Waals surface area contributed by atoms with Gasteiger partial charge in [0.05, 0.1) is 33.0 Å². The minimum atomic E-state index is -0.464. The summed E-state index contributed by atoms with van der Waals surface area (Å²) in [5.74, 6) is -0.600. The fourth-order valence-corrected chi connectivity index (χ4v) is 1.43. The lowest BCUT2D eigenvalue weighted by Gasteiger charge is -2.07. The fraction of sp³-hybridized carbons (Fsp3) is 0.462. The molecule has 6 nitrogen and oxygen atoms in total. The molecule has 112 valence electrons. The Morgan fingerprint density at radius 2 is 1.95 bits per heavy atom. The van der Waals surface area contributed by atoms with Gasteiger partial charge in [0, 0.05) is 18.2 Å². The highest BCUT2D eigenvalue weighted by Crippen LogP contribution is 2.11. The normalized spacial score (nSPS) is 11.8. The molecule has 0 spiro atoms. The number of hydrogen-bond donors (Lipinski definition) is 2. The molecule has 7 heteroatoms. The fourth-order valence-electron chi connectivity index (χ4n) is 1.43. The second-order valence-electron chi connectivity index (χ2n) is 3.95. The van der Waals surface area contributed by atoms with E-state index in [1.165, 1.54) is 12.1 Å². The highest BCUT2D eigenvalue weighted by atomic mass is 19.1. The number of oxime groups is 1. The number of amidine groups is 1. The lowest BCUT2D eigenvalue weighted by Crippen LogP contribution is -2.14. The molecular weight excluding hydrogens is 267 g/mol. The second-order valence-corrected chi connectivity index (χ2v) is 3.95. The van der Waals surface area contributed by atoms with Gasteiger partial charge >= 0.3 is 0 Å². The molecule has 0 fully saturated rings. The van der Waals surface area contributed by atoms with E-state index >= 15 is 0 Å². The van der Waals surface area contributed by atoms with Crippen LogP contribution in [0.4, 0.5) is 4.39 Å². The van der Waals surface area contributed by atoms with Crippen LogP contribution in [0.15, 0.2) is 23.4 Å². The average molecular weight is 286 g/mol. The van der Waals surface area contributed by atoms with Crippen LogP contribution in [-0.4, -0.2) is 44.6 Å². The molecule has 0 radical (unpaired) electrons. The van der Waals surface area contributed by atoms with Crippen molar-refractivity contribution in [1.29, 1.82) is 0 Å². The van der Waals surface area contributed by atoms with Crippen LogP contribution < -0.4 is 5.73 Å². The summed E-state index contributed by atoms with van der Waals surface area (Å²) in [6.45, 7) is 1.96. The minimum Gasteiger partial charge on any atom is -0.409 e. The Labute approximate surface area is 116 Å². The molecule has 20 heavy (non-hydrogen) atoms. The van der Waals surface area contributed by atoms with Gasteiger partial charge in [0.25, 0.3) is 0 Å². The van der Waals surface area contributed by atoms with E-state index in [-0.39, 0.29) is 12.4 Å². The summed E-state index contributed by atoms with van der Waals surface area (Å²) in [5, 5.41) is 11.3. The Bertz CT molecular complexity index is 440. The molecule has 0 aliphatic heterocycles. The van der Waals surface area contributed by atoms with Crippen molar-refractivity contribution in [2.45, 2.75) is 6.61 Å². The van der Waals surface area contributed by atoms with Crippen LogP contribution in [-0.2, 0) is 20.8 Å². The third kappa shape index (κ3) is 5.52. The number of nitrogens with zero attached hydrogens (tertiary/aromatic N) is 1. The van der Waals surface area contributed by atoms with Crippen LogP contribution >= 0.6 is 0 Å². The number of benzene rings is 1. The van der Waals surface area contributed by atoms with Gasteiger partial charge < -0.3 is 25.2 Å². The van der Waals surface area contributed by atoms with Crippen molar-refractivity contribution in [3.63, 3.8) is 0 Å². The first-order valence-corrected chi connectivity index (χ1v) is 6.09. The van der Waals surface area contributed by atoms with Gasteiger partial charge in [-0.1, -0.05) is 17.3 Å². The topological polar surface area (TPSA) is 86.3 Å². The molecule has 0 unspecified atom stereocenters. The molecule has 0 saturated heterocycles. The smallest absolute Gasteiger partial charge is 0.170 e. The first kappa shape index (κ1) is 16.4. The van der Waals surface area contributed by atoms with Crippen LogP contribution in [0.3, 0.4) is 0 Å². The van der Waals surface area contributed by atoms with Gasteiger partial charge in [-0.05, 0) is 6.07 Å². The highest BCUT2D eigenvalue weighted by Gasteiger charge is 2.06. The molecule has 3 N–H and O–H groups in total. The van der Waals surface area contributed by atoms with Gasteiger partial charge in [0.2, 0.25) is 0 Å². The minimum absolute atomic E-state index is 0.135. The Hall–Kier alpha value is -1.70. The van der Waals surface area contributed by atoms with E-state index in [1.54, 1.807) is 13.2 Å². The summed E-state index contributed by atoms with van der Waals surface area (Å²) in [4.78, 5) is 0. The number of ether oxygens (including phenoxy) is 3. The van der Waals surface area contributed by atoms with Crippen LogP contribution in [0.1, 0.15) is 11.1 Å². The van der Waals surface area contributed by atoms with Gasteiger partial charge in [-0.15, -0.1) is 0 Å². The zero-order valence-electron chi connectivity index (χ0n) is 11.3. The summed E-state index contributed by atoms with van der Waals surface area (Å²) in [5.41, 5.74) is 6.08. The maximum atomic E-state index is 13.7. The summed E-state index contributed by atoms with van der Waals surface area (Å²) < 4.78 is 29.0. The van der Waals surface area contributed by atoms with Crippen molar-refractivity contribution in [2.75, 3.05) is 33.5 Å². The number of methoxy groups -OCH3 is 1. The van der Waals surface area contributed by atoms with Crippen molar-refractivity contribution >= 4 is 5.84 Å². The third-order valence-electron chi connectivity index (χ3n) is 2.52. The van der Waals surface area contributed by atoms with Gasteiger partial charge in [-0.3, -0.25) is 0 Å². The molecule has 1 aromatic rings. The van der Waals surface area contributed by atoms with Crippen LogP contribution in [0.2, 0.25) is 0 Å². The standard InChI is InChI=1S/C13H19FN2O4/c1-18-4-5-19-6-7-20-9-11-3-2-10(8-12(11)14)13(15)16-17/h2-3,8,17H,4-7,9H2,1H3,(H2,15,16). The quantitative estimate of drug-likeness (QED) is 0.233. The van der Waals surface area contributed by atoms with Crippen LogP contribution in [0.5, 0.6) is 0 Å². The average Bonchev–Trinajstić information content (AvgIpc) is 2.46. The van der Waals surface area contributed by atoms with Gasteiger partial charge in [-0.25, -0.2) is 4.39 Å². The number of rotatable bonds is 9. The van der Waals surface area contributed by atoms with Crippen LogP contribution in [0.25, 0.3) is 0 Å². The first-order chi connectivity index (χ1) is 9.69.